The van der Waals surface area contributed by atoms with Crippen LogP contribution in [0, 0.1) is 0 Å². The lowest BCUT2D eigenvalue weighted by molar-refractivity contribution is 0.0925. The third kappa shape index (κ3) is 3.25. The Balaban J connectivity index is 1.52. The molecule has 1 saturated heterocycles. The Morgan fingerprint density at radius 2 is 1.92 bits per heavy atom. The number of H-pyrrole nitrogens is 1. The van der Waals surface area contributed by atoms with Crippen molar-refractivity contribution in [2.45, 2.75) is 44.6 Å². The van der Waals surface area contributed by atoms with E-state index in [0.29, 0.717) is 31.5 Å². The number of para-hydroxylation sites is 1. The van der Waals surface area contributed by atoms with Gasteiger partial charge in [0.15, 0.2) is 0 Å². The van der Waals surface area contributed by atoms with Gasteiger partial charge in [-0.1, -0.05) is 12.1 Å². The maximum absolute atomic E-state index is 12.9. The standard InChI is InChI=1S/C19H25N3O3S/c1-26(24,25)22-11-9-13(10-12-22)20-19(23)16-7-4-6-15-14-5-2-3-8-17(14)21-18(15)16/h4,6-7,13,21H,2-3,5,8-12H2,1H3,(H,20,23). The molecule has 0 bridgehead atoms. The molecule has 1 amide bonds. The van der Waals surface area contributed by atoms with Crippen molar-refractivity contribution < 1.29 is 13.2 Å². The van der Waals surface area contributed by atoms with E-state index in [-0.39, 0.29) is 11.9 Å². The fourth-order valence-electron chi connectivity index (χ4n) is 4.21. The minimum atomic E-state index is -3.15. The minimum Gasteiger partial charge on any atom is -0.358 e. The summed E-state index contributed by atoms with van der Waals surface area (Å²) in [7, 11) is -3.15. The molecular formula is C19H25N3O3S. The highest BCUT2D eigenvalue weighted by molar-refractivity contribution is 7.88. The second-order valence-corrected chi connectivity index (χ2v) is 9.41. The monoisotopic (exact) mass is 375 g/mol. The summed E-state index contributed by atoms with van der Waals surface area (Å²) in [6.45, 7) is 0.926. The van der Waals surface area contributed by atoms with Crippen molar-refractivity contribution in [1.29, 1.82) is 0 Å². The number of amides is 1. The number of benzene rings is 1. The quantitative estimate of drug-likeness (QED) is 0.863. The molecule has 0 spiro atoms. The summed E-state index contributed by atoms with van der Waals surface area (Å²) in [5.41, 5.74) is 4.25. The van der Waals surface area contributed by atoms with E-state index in [4.69, 9.17) is 0 Å². The zero-order valence-corrected chi connectivity index (χ0v) is 15.9. The number of aryl methyl sites for hydroxylation is 2. The van der Waals surface area contributed by atoms with Gasteiger partial charge in [-0.2, -0.15) is 0 Å². The van der Waals surface area contributed by atoms with E-state index >= 15 is 0 Å². The average molecular weight is 375 g/mol. The summed E-state index contributed by atoms with van der Waals surface area (Å²) < 4.78 is 24.7. The Labute approximate surface area is 154 Å². The van der Waals surface area contributed by atoms with E-state index in [0.717, 1.165) is 18.4 Å². The highest BCUT2D eigenvalue weighted by atomic mass is 32.2. The van der Waals surface area contributed by atoms with Crippen molar-refractivity contribution in [1.82, 2.24) is 14.6 Å². The lowest BCUT2D eigenvalue weighted by Gasteiger charge is -2.30. The van der Waals surface area contributed by atoms with E-state index in [2.05, 4.69) is 16.4 Å². The summed E-state index contributed by atoms with van der Waals surface area (Å²) >= 11 is 0. The normalized spacial score (nSPS) is 19.4. The molecule has 1 aliphatic carbocycles. The highest BCUT2D eigenvalue weighted by Crippen LogP contribution is 2.30. The predicted molar refractivity (Wildman–Crippen MR) is 102 cm³/mol. The molecule has 1 aromatic carbocycles. The van der Waals surface area contributed by atoms with Gasteiger partial charge in [0.1, 0.15) is 0 Å². The number of aromatic nitrogens is 1. The first-order valence-electron chi connectivity index (χ1n) is 9.32. The Bertz CT molecular complexity index is 940. The molecule has 26 heavy (non-hydrogen) atoms. The zero-order valence-electron chi connectivity index (χ0n) is 15.0. The number of fused-ring (bicyclic) bond motifs is 3. The van der Waals surface area contributed by atoms with Crippen LogP contribution in [0.1, 0.15) is 47.3 Å². The van der Waals surface area contributed by atoms with Crippen LogP contribution < -0.4 is 5.32 Å². The summed E-state index contributed by atoms with van der Waals surface area (Å²) in [4.78, 5) is 16.3. The van der Waals surface area contributed by atoms with Crippen molar-refractivity contribution in [3.63, 3.8) is 0 Å². The maximum atomic E-state index is 12.9. The number of sulfonamides is 1. The molecule has 2 heterocycles. The topological polar surface area (TPSA) is 82.3 Å². The molecule has 0 atom stereocenters. The van der Waals surface area contributed by atoms with Crippen LogP contribution in [0.5, 0.6) is 0 Å². The second-order valence-electron chi connectivity index (χ2n) is 7.43. The van der Waals surface area contributed by atoms with Gasteiger partial charge < -0.3 is 10.3 Å². The van der Waals surface area contributed by atoms with E-state index in [1.165, 1.54) is 40.0 Å². The molecule has 1 fully saturated rings. The SMILES string of the molecule is CS(=O)(=O)N1CCC(NC(=O)c2cccc3c4c([nH]c23)CCCC4)CC1. The van der Waals surface area contributed by atoms with Gasteiger partial charge in [-0.25, -0.2) is 12.7 Å². The second kappa shape index (κ2) is 6.70. The number of carbonyl (C=O) groups excluding carboxylic acids is 1. The van der Waals surface area contributed by atoms with Crippen molar-refractivity contribution in [3.8, 4) is 0 Å². The first-order chi connectivity index (χ1) is 12.4. The largest absolute Gasteiger partial charge is 0.358 e. The van der Waals surface area contributed by atoms with Crippen LogP contribution in [-0.2, 0) is 22.9 Å². The van der Waals surface area contributed by atoms with Crippen molar-refractivity contribution in [2.24, 2.45) is 0 Å². The van der Waals surface area contributed by atoms with Crippen molar-refractivity contribution >= 4 is 26.8 Å². The first kappa shape index (κ1) is 17.5. The number of nitrogens with one attached hydrogen (secondary N) is 2. The Kier molecular flexibility index (Phi) is 4.52. The Morgan fingerprint density at radius 1 is 1.19 bits per heavy atom. The van der Waals surface area contributed by atoms with Crippen LogP contribution in [0.15, 0.2) is 18.2 Å². The van der Waals surface area contributed by atoms with Crippen molar-refractivity contribution in [3.05, 3.63) is 35.0 Å². The lowest BCUT2D eigenvalue weighted by Crippen LogP contribution is -2.46. The lowest BCUT2D eigenvalue weighted by atomic mass is 9.95. The zero-order chi connectivity index (χ0) is 18.3. The molecule has 7 heteroatoms. The van der Waals surface area contributed by atoms with E-state index in [9.17, 15) is 13.2 Å². The number of hydrogen-bond donors (Lipinski definition) is 2. The summed E-state index contributed by atoms with van der Waals surface area (Å²) in [6, 6.07) is 5.93. The van der Waals surface area contributed by atoms with E-state index < -0.39 is 10.0 Å². The summed E-state index contributed by atoms with van der Waals surface area (Å²) in [6.07, 6.45) is 7.06. The molecule has 0 saturated carbocycles. The first-order valence-corrected chi connectivity index (χ1v) is 11.2. The molecule has 1 aromatic heterocycles. The molecule has 2 aromatic rings. The minimum absolute atomic E-state index is 0.0142. The molecule has 1 aliphatic heterocycles. The average Bonchev–Trinajstić information content (AvgIpc) is 3.00. The number of hydrogen-bond acceptors (Lipinski definition) is 3. The molecule has 2 N–H and O–H groups in total. The van der Waals surface area contributed by atoms with E-state index in [1.807, 2.05) is 12.1 Å². The number of aromatic amines is 1. The smallest absolute Gasteiger partial charge is 0.253 e. The third-order valence-electron chi connectivity index (χ3n) is 5.64. The third-order valence-corrected chi connectivity index (χ3v) is 6.94. The van der Waals surface area contributed by atoms with Gasteiger partial charge in [-0.15, -0.1) is 0 Å². The number of carbonyl (C=O) groups is 1. The molecule has 6 nitrogen and oxygen atoms in total. The number of nitrogens with zero attached hydrogens (tertiary/aromatic N) is 1. The van der Waals surface area contributed by atoms with Crippen LogP contribution in [0.4, 0.5) is 0 Å². The molecule has 140 valence electrons. The van der Waals surface area contributed by atoms with Crippen LogP contribution in [-0.4, -0.2) is 49.0 Å². The summed E-state index contributed by atoms with van der Waals surface area (Å²) in [5, 5.41) is 4.27. The van der Waals surface area contributed by atoms with Gasteiger partial charge in [0, 0.05) is 30.2 Å². The fourth-order valence-corrected chi connectivity index (χ4v) is 5.09. The molecule has 4 rings (SSSR count). The van der Waals surface area contributed by atoms with Gasteiger partial charge in [0.05, 0.1) is 17.3 Å². The van der Waals surface area contributed by atoms with Crippen LogP contribution >= 0.6 is 0 Å². The van der Waals surface area contributed by atoms with Crippen LogP contribution in [0.2, 0.25) is 0 Å². The van der Waals surface area contributed by atoms with Gasteiger partial charge in [-0.3, -0.25) is 4.79 Å². The maximum Gasteiger partial charge on any atom is 0.253 e. The number of piperidine rings is 1. The molecule has 0 radical (unpaired) electrons. The van der Waals surface area contributed by atoms with Gasteiger partial charge in [0.2, 0.25) is 10.0 Å². The number of rotatable bonds is 3. The van der Waals surface area contributed by atoms with Crippen LogP contribution in [0.25, 0.3) is 10.9 Å². The van der Waals surface area contributed by atoms with Gasteiger partial charge in [0.25, 0.3) is 5.91 Å². The summed E-state index contributed by atoms with van der Waals surface area (Å²) in [5.74, 6) is -0.0768. The van der Waals surface area contributed by atoms with Gasteiger partial charge >= 0.3 is 0 Å². The predicted octanol–water partition coefficient (Wildman–Crippen LogP) is 2.20. The Hall–Kier alpha value is -1.86. The highest BCUT2D eigenvalue weighted by Gasteiger charge is 2.27. The molecule has 0 unspecified atom stereocenters. The van der Waals surface area contributed by atoms with Gasteiger partial charge in [-0.05, 0) is 50.2 Å². The fraction of sp³-hybridized carbons (Fsp3) is 0.526. The van der Waals surface area contributed by atoms with E-state index in [1.54, 1.807) is 0 Å². The van der Waals surface area contributed by atoms with Crippen molar-refractivity contribution in [2.75, 3.05) is 19.3 Å². The van der Waals surface area contributed by atoms with Crippen LogP contribution in [0.3, 0.4) is 0 Å². The molecular weight excluding hydrogens is 350 g/mol. The molecule has 2 aliphatic rings. The Morgan fingerprint density at radius 3 is 2.65 bits per heavy atom.